The standard InChI is InChI=1S/C24H31ClN4O6S2/c1-23(2,3)34-21(32)26-13(12-30)10-15-17(31)16-18(37-15)19(28-20(25)27-16)29(11-14-8-7-9-36-14)22(33)35-24(4,5)6/h7-9,13,30-31H,10-12H2,1-6H3,(H,26,32). The monoisotopic (exact) mass is 570 g/mol. The van der Waals surface area contributed by atoms with Gasteiger partial charge in [-0.15, -0.1) is 22.7 Å². The van der Waals surface area contributed by atoms with E-state index >= 15 is 0 Å². The molecule has 0 aliphatic rings. The van der Waals surface area contributed by atoms with Crippen molar-refractivity contribution in [2.45, 2.75) is 71.8 Å². The molecule has 0 bridgehead atoms. The lowest BCUT2D eigenvalue weighted by Crippen LogP contribution is -2.42. The van der Waals surface area contributed by atoms with Gasteiger partial charge < -0.3 is 25.0 Å². The Morgan fingerprint density at radius 3 is 2.41 bits per heavy atom. The van der Waals surface area contributed by atoms with Crippen LogP contribution in [-0.4, -0.2) is 56.2 Å². The Labute approximate surface area is 228 Å². The second-order valence-corrected chi connectivity index (χ2v) is 12.7. The minimum Gasteiger partial charge on any atom is -0.505 e. The minimum atomic E-state index is -0.759. The van der Waals surface area contributed by atoms with Gasteiger partial charge in [-0.25, -0.2) is 14.6 Å². The molecule has 37 heavy (non-hydrogen) atoms. The number of carbonyl (C=O) groups is 2. The first-order valence-electron chi connectivity index (χ1n) is 11.5. The molecule has 0 aromatic carbocycles. The minimum absolute atomic E-state index is 0.0804. The number of aromatic hydroxyl groups is 1. The number of nitrogens with one attached hydrogen (secondary N) is 1. The average molecular weight is 571 g/mol. The second-order valence-electron chi connectivity index (χ2n) is 10.2. The maximum absolute atomic E-state index is 13.2. The van der Waals surface area contributed by atoms with Crippen molar-refractivity contribution in [1.82, 2.24) is 15.3 Å². The lowest BCUT2D eigenvalue weighted by molar-refractivity contribution is 0.0481. The maximum atomic E-state index is 13.2. The molecule has 0 saturated carbocycles. The van der Waals surface area contributed by atoms with Crippen LogP contribution < -0.4 is 10.2 Å². The van der Waals surface area contributed by atoms with E-state index in [0.29, 0.717) is 9.58 Å². The number of amides is 2. The Kier molecular flexibility index (Phi) is 8.89. The Morgan fingerprint density at radius 2 is 1.84 bits per heavy atom. The van der Waals surface area contributed by atoms with E-state index in [0.717, 1.165) is 16.2 Å². The molecule has 13 heteroatoms. The van der Waals surface area contributed by atoms with E-state index in [4.69, 9.17) is 21.1 Å². The summed E-state index contributed by atoms with van der Waals surface area (Å²) in [7, 11) is 0. The van der Waals surface area contributed by atoms with Crippen LogP contribution in [0.3, 0.4) is 0 Å². The van der Waals surface area contributed by atoms with Gasteiger partial charge in [0.1, 0.15) is 21.4 Å². The highest BCUT2D eigenvalue weighted by molar-refractivity contribution is 7.20. The summed E-state index contributed by atoms with van der Waals surface area (Å²) in [6.07, 6.45) is -1.24. The largest absolute Gasteiger partial charge is 0.505 e. The van der Waals surface area contributed by atoms with Gasteiger partial charge in [-0.3, -0.25) is 4.90 Å². The number of anilines is 1. The first-order valence-corrected chi connectivity index (χ1v) is 13.6. The van der Waals surface area contributed by atoms with Crippen LogP contribution in [0.5, 0.6) is 5.75 Å². The number of carbonyl (C=O) groups excluding carboxylic acids is 2. The summed E-state index contributed by atoms with van der Waals surface area (Å²) in [4.78, 5) is 36.6. The number of hydrogen-bond acceptors (Lipinski definition) is 10. The van der Waals surface area contributed by atoms with Gasteiger partial charge in [-0.05, 0) is 64.6 Å². The number of rotatable bonds is 7. The highest BCUT2D eigenvalue weighted by Gasteiger charge is 2.30. The highest BCUT2D eigenvalue weighted by Crippen LogP contribution is 2.42. The third kappa shape index (κ3) is 7.91. The smallest absolute Gasteiger partial charge is 0.416 e. The highest BCUT2D eigenvalue weighted by atomic mass is 35.5. The average Bonchev–Trinajstić information content (AvgIpc) is 3.37. The molecule has 3 aromatic rings. The summed E-state index contributed by atoms with van der Waals surface area (Å²) in [5, 5.41) is 25.2. The van der Waals surface area contributed by atoms with Crippen LogP contribution in [0.15, 0.2) is 17.5 Å². The molecule has 1 unspecified atom stereocenters. The number of fused-ring (bicyclic) bond motifs is 1. The molecule has 1 atom stereocenters. The second kappa shape index (κ2) is 11.4. The summed E-state index contributed by atoms with van der Waals surface area (Å²) >= 11 is 8.82. The third-order valence-electron chi connectivity index (χ3n) is 4.67. The number of aliphatic hydroxyl groups is 1. The zero-order chi connectivity index (χ0) is 27.5. The van der Waals surface area contributed by atoms with Crippen LogP contribution in [0.25, 0.3) is 10.2 Å². The summed E-state index contributed by atoms with van der Waals surface area (Å²) in [6, 6.07) is 3.01. The fraction of sp³-hybridized carbons (Fsp3) is 0.500. The zero-order valence-corrected chi connectivity index (χ0v) is 23.9. The van der Waals surface area contributed by atoms with Crippen LogP contribution in [-0.2, 0) is 22.4 Å². The molecule has 0 spiro atoms. The van der Waals surface area contributed by atoms with Crippen molar-refractivity contribution in [1.29, 1.82) is 0 Å². The fourth-order valence-electron chi connectivity index (χ4n) is 3.25. The van der Waals surface area contributed by atoms with Gasteiger partial charge in [0.15, 0.2) is 11.6 Å². The number of halogens is 1. The van der Waals surface area contributed by atoms with Crippen molar-refractivity contribution in [2.75, 3.05) is 11.5 Å². The van der Waals surface area contributed by atoms with E-state index in [1.165, 1.54) is 16.2 Å². The molecule has 0 aliphatic heterocycles. The summed E-state index contributed by atoms with van der Waals surface area (Å²) in [5.41, 5.74) is -1.31. The normalized spacial score (nSPS) is 12.9. The molecule has 3 N–H and O–H groups in total. The van der Waals surface area contributed by atoms with Crippen molar-refractivity contribution in [3.8, 4) is 5.75 Å². The third-order valence-corrected chi connectivity index (χ3v) is 6.89. The molecule has 202 valence electrons. The molecule has 3 rings (SSSR count). The van der Waals surface area contributed by atoms with Crippen LogP contribution in [0.1, 0.15) is 51.3 Å². The van der Waals surface area contributed by atoms with E-state index < -0.39 is 36.0 Å². The number of aromatic nitrogens is 2. The number of hydrogen-bond donors (Lipinski definition) is 3. The van der Waals surface area contributed by atoms with Crippen LogP contribution in [0, 0.1) is 0 Å². The van der Waals surface area contributed by atoms with E-state index in [1.54, 1.807) is 41.5 Å². The van der Waals surface area contributed by atoms with Crippen molar-refractivity contribution in [2.24, 2.45) is 0 Å². The molecule has 0 aliphatic carbocycles. The number of ether oxygens (including phenoxy) is 2. The number of aliphatic hydroxyl groups excluding tert-OH is 1. The molecule has 0 radical (unpaired) electrons. The Morgan fingerprint density at radius 1 is 1.16 bits per heavy atom. The van der Waals surface area contributed by atoms with Crippen LogP contribution in [0.2, 0.25) is 5.28 Å². The van der Waals surface area contributed by atoms with Crippen molar-refractivity contribution in [3.05, 3.63) is 32.6 Å². The Bertz CT molecular complexity index is 1250. The number of alkyl carbamates (subject to hydrolysis) is 1. The Hall–Kier alpha value is -2.67. The SMILES string of the molecule is CC(C)(C)OC(=O)NC(CO)Cc1sc2c(N(Cc3cccs3)C(=O)OC(C)(C)C)nc(Cl)nc2c1O. The number of thiophene rings is 2. The van der Waals surface area contributed by atoms with Gasteiger partial charge in [0.2, 0.25) is 5.28 Å². The van der Waals surface area contributed by atoms with E-state index in [-0.39, 0.29) is 35.3 Å². The molecule has 2 amide bonds. The van der Waals surface area contributed by atoms with Crippen LogP contribution in [0.4, 0.5) is 15.4 Å². The lowest BCUT2D eigenvalue weighted by Gasteiger charge is -2.26. The quantitative estimate of drug-likeness (QED) is 0.318. The molecular weight excluding hydrogens is 540 g/mol. The van der Waals surface area contributed by atoms with E-state index in [9.17, 15) is 19.8 Å². The van der Waals surface area contributed by atoms with E-state index in [2.05, 4.69) is 15.3 Å². The zero-order valence-electron chi connectivity index (χ0n) is 21.5. The van der Waals surface area contributed by atoms with Crippen molar-refractivity contribution < 1.29 is 29.3 Å². The van der Waals surface area contributed by atoms with Gasteiger partial charge in [0.05, 0.1) is 24.1 Å². The van der Waals surface area contributed by atoms with Gasteiger partial charge >= 0.3 is 12.2 Å². The fourth-order valence-corrected chi connectivity index (χ4v) is 5.32. The first kappa shape index (κ1) is 28.9. The summed E-state index contributed by atoms with van der Waals surface area (Å²) in [5.74, 6) is 0.0140. The van der Waals surface area contributed by atoms with E-state index in [1.807, 2.05) is 17.5 Å². The number of nitrogens with zero attached hydrogens (tertiary/aromatic N) is 3. The lowest BCUT2D eigenvalue weighted by atomic mass is 10.1. The molecule has 10 nitrogen and oxygen atoms in total. The van der Waals surface area contributed by atoms with Gasteiger partial charge in [0.25, 0.3) is 0 Å². The van der Waals surface area contributed by atoms with Crippen molar-refractivity contribution in [3.63, 3.8) is 0 Å². The molecular formula is C24H31ClN4O6S2. The first-order chi connectivity index (χ1) is 17.2. The van der Waals surface area contributed by atoms with Gasteiger partial charge in [0, 0.05) is 11.3 Å². The predicted molar refractivity (Wildman–Crippen MR) is 145 cm³/mol. The molecule has 0 saturated heterocycles. The van der Waals surface area contributed by atoms with Crippen molar-refractivity contribution >= 4 is 62.5 Å². The topological polar surface area (TPSA) is 134 Å². The van der Waals surface area contributed by atoms with Gasteiger partial charge in [-0.1, -0.05) is 6.07 Å². The predicted octanol–water partition coefficient (Wildman–Crippen LogP) is 5.48. The van der Waals surface area contributed by atoms with Gasteiger partial charge in [-0.2, -0.15) is 4.98 Å². The summed E-state index contributed by atoms with van der Waals surface area (Å²) in [6.45, 7) is 10.3. The summed E-state index contributed by atoms with van der Waals surface area (Å²) < 4.78 is 11.3. The maximum Gasteiger partial charge on any atom is 0.416 e. The molecule has 0 fully saturated rings. The molecule has 3 aromatic heterocycles. The molecule has 3 heterocycles. The van der Waals surface area contributed by atoms with Crippen LogP contribution >= 0.6 is 34.3 Å². The Balaban J connectivity index is 2.00.